The van der Waals surface area contributed by atoms with Gasteiger partial charge in [0, 0.05) is 14.1 Å². The lowest BCUT2D eigenvalue weighted by Crippen LogP contribution is -2.22. The van der Waals surface area contributed by atoms with Gasteiger partial charge < -0.3 is 5.01 Å². The van der Waals surface area contributed by atoms with E-state index in [9.17, 15) is 0 Å². The molecule has 1 rings (SSSR count). The Morgan fingerprint density at radius 1 is 1.25 bits per heavy atom. The number of nitrogens with zero attached hydrogens (tertiary/aromatic N) is 4. The maximum absolute atomic E-state index is 3.61. The third kappa shape index (κ3) is 0.776. The highest BCUT2D eigenvalue weighted by Gasteiger charge is 1.86. The van der Waals surface area contributed by atoms with Crippen LogP contribution < -0.4 is 5.01 Å². The van der Waals surface area contributed by atoms with Crippen LogP contribution in [0.1, 0.15) is 0 Å². The number of hydrogen-bond donors (Lipinski definition) is 0. The maximum atomic E-state index is 3.61. The molecule has 0 atom stereocenters. The Morgan fingerprint density at radius 2 is 1.75 bits per heavy atom. The van der Waals surface area contributed by atoms with E-state index in [1.807, 2.05) is 19.1 Å². The topological polar surface area (TPSA) is 34.0 Å². The minimum atomic E-state index is 1.64. The average Bonchev–Trinajstić information content (AvgIpc) is 2.12. The van der Waals surface area contributed by atoms with E-state index in [1.54, 1.807) is 17.3 Å². The van der Waals surface area contributed by atoms with Gasteiger partial charge in [0.2, 0.25) is 0 Å². The molecular weight excluding hydrogens is 104 g/mol. The minimum Gasteiger partial charge on any atom is -0.317 e. The summed E-state index contributed by atoms with van der Waals surface area (Å²) >= 11 is 0. The van der Waals surface area contributed by atoms with Crippen LogP contribution in [0.5, 0.6) is 0 Å². The van der Waals surface area contributed by atoms with Gasteiger partial charge in [-0.05, 0) is 0 Å². The van der Waals surface area contributed by atoms with Gasteiger partial charge in [-0.25, -0.2) is 4.68 Å². The lowest BCUT2D eigenvalue weighted by Gasteiger charge is -2.10. The average molecular weight is 112 g/mol. The second-order valence-electron chi connectivity index (χ2n) is 1.69. The molecule has 0 fully saturated rings. The maximum Gasteiger partial charge on any atom is 0.139 e. The van der Waals surface area contributed by atoms with Crippen LogP contribution in [0.4, 0.5) is 0 Å². The van der Waals surface area contributed by atoms with Crippen molar-refractivity contribution in [3.8, 4) is 0 Å². The Morgan fingerprint density at radius 3 is 2.00 bits per heavy atom. The first-order valence-electron chi connectivity index (χ1n) is 2.33. The third-order valence-corrected chi connectivity index (χ3v) is 0.868. The summed E-state index contributed by atoms with van der Waals surface area (Å²) in [7, 11) is 3.84. The van der Waals surface area contributed by atoms with Gasteiger partial charge in [0.1, 0.15) is 12.7 Å². The van der Waals surface area contributed by atoms with E-state index in [-0.39, 0.29) is 0 Å². The van der Waals surface area contributed by atoms with Crippen molar-refractivity contribution < 1.29 is 0 Å². The first-order chi connectivity index (χ1) is 3.80. The molecule has 0 saturated heterocycles. The van der Waals surface area contributed by atoms with Gasteiger partial charge in [-0.3, -0.25) is 0 Å². The predicted octanol–water partition coefficient (Wildman–Crippen LogP) is -0.524. The fourth-order valence-corrected chi connectivity index (χ4v) is 0.402. The van der Waals surface area contributed by atoms with Crippen molar-refractivity contribution in [2.24, 2.45) is 0 Å². The first kappa shape index (κ1) is 5.08. The van der Waals surface area contributed by atoms with Crippen molar-refractivity contribution in [3.63, 3.8) is 0 Å². The molecule has 0 saturated carbocycles. The van der Waals surface area contributed by atoms with Crippen molar-refractivity contribution in [3.05, 3.63) is 12.7 Å². The van der Waals surface area contributed by atoms with E-state index >= 15 is 0 Å². The highest BCUT2D eigenvalue weighted by atomic mass is 15.5. The molecule has 8 heavy (non-hydrogen) atoms. The summed E-state index contributed by atoms with van der Waals surface area (Å²) in [5, 5.41) is 9.10. The molecule has 1 aromatic rings. The SMILES string of the molecule is CN(C)n1cnnc1. The molecule has 0 amide bonds. The van der Waals surface area contributed by atoms with Crippen LogP contribution >= 0.6 is 0 Å². The second kappa shape index (κ2) is 1.81. The summed E-state index contributed by atoms with van der Waals surface area (Å²) in [5.74, 6) is 0. The van der Waals surface area contributed by atoms with Crippen LogP contribution in [0.25, 0.3) is 0 Å². The molecule has 44 valence electrons. The Bertz CT molecular complexity index is 143. The van der Waals surface area contributed by atoms with Crippen LogP contribution in [0.3, 0.4) is 0 Å². The monoisotopic (exact) mass is 112 g/mol. The molecule has 0 radical (unpaired) electrons. The van der Waals surface area contributed by atoms with Crippen molar-refractivity contribution >= 4 is 0 Å². The van der Waals surface area contributed by atoms with Crippen molar-refractivity contribution in [2.75, 3.05) is 19.1 Å². The van der Waals surface area contributed by atoms with Crippen LogP contribution in [0.15, 0.2) is 12.7 Å². The number of aromatic nitrogens is 3. The highest BCUT2D eigenvalue weighted by Crippen LogP contribution is 1.76. The molecule has 4 heteroatoms. The molecule has 0 spiro atoms. The van der Waals surface area contributed by atoms with Crippen molar-refractivity contribution in [1.82, 2.24) is 14.9 Å². The highest BCUT2D eigenvalue weighted by molar-refractivity contribution is 4.72. The third-order valence-electron chi connectivity index (χ3n) is 0.868. The number of rotatable bonds is 1. The molecule has 0 aromatic carbocycles. The van der Waals surface area contributed by atoms with E-state index in [0.29, 0.717) is 0 Å². The molecule has 0 aliphatic heterocycles. The molecule has 0 bridgehead atoms. The number of hydrogen-bond acceptors (Lipinski definition) is 3. The van der Waals surface area contributed by atoms with Crippen LogP contribution in [-0.4, -0.2) is 29.0 Å². The lowest BCUT2D eigenvalue weighted by molar-refractivity contribution is 0.727. The Labute approximate surface area is 47.7 Å². The summed E-state index contributed by atoms with van der Waals surface area (Å²) < 4.78 is 1.78. The van der Waals surface area contributed by atoms with Gasteiger partial charge in [-0.15, -0.1) is 10.2 Å². The minimum absolute atomic E-state index is 1.64. The van der Waals surface area contributed by atoms with Crippen LogP contribution in [-0.2, 0) is 0 Å². The zero-order chi connectivity index (χ0) is 5.98. The summed E-state index contributed by atoms with van der Waals surface area (Å²) in [6.45, 7) is 0. The zero-order valence-corrected chi connectivity index (χ0v) is 4.94. The lowest BCUT2D eigenvalue weighted by atomic mass is 11.1. The molecule has 0 aliphatic carbocycles. The fraction of sp³-hybridized carbons (Fsp3) is 0.500. The zero-order valence-electron chi connectivity index (χ0n) is 4.94. The fourth-order valence-electron chi connectivity index (χ4n) is 0.402. The predicted molar refractivity (Wildman–Crippen MR) is 30.1 cm³/mol. The van der Waals surface area contributed by atoms with Gasteiger partial charge in [-0.1, -0.05) is 0 Å². The van der Waals surface area contributed by atoms with Crippen LogP contribution in [0, 0.1) is 0 Å². The van der Waals surface area contributed by atoms with Gasteiger partial charge in [0.05, 0.1) is 0 Å². The summed E-state index contributed by atoms with van der Waals surface area (Å²) in [6.07, 6.45) is 3.28. The largest absolute Gasteiger partial charge is 0.317 e. The van der Waals surface area contributed by atoms with Gasteiger partial charge in [0.25, 0.3) is 0 Å². The van der Waals surface area contributed by atoms with Gasteiger partial charge in [0.15, 0.2) is 0 Å². The van der Waals surface area contributed by atoms with Gasteiger partial charge >= 0.3 is 0 Å². The smallest absolute Gasteiger partial charge is 0.139 e. The van der Waals surface area contributed by atoms with Gasteiger partial charge in [-0.2, -0.15) is 0 Å². The van der Waals surface area contributed by atoms with E-state index < -0.39 is 0 Å². The molecule has 0 unspecified atom stereocenters. The second-order valence-corrected chi connectivity index (χ2v) is 1.69. The molecule has 1 heterocycles. The van der Waals surface area contributed by atoms with Crippen LogP contribution in [0.2, 0.25) is 0 Å². The quantitative estimate of drug-likeness (QED) is 0.490. The molecule has 0 aliphatic rings. The van der Waals surface area contributed by atoms with E-state index in [1.165, 1.54) is 0 Å². The molecule has 4 nitrogen and oxygen atoms in total. The first-order valence-corrected chi connectivity index (χ1v) is 2.33. The summed E-state index contributed by atoms with van der Waals surface area (Å²) in [5.41, 5.74) is 0. The van der Waals surface area contributed by atoms with E-state index in [0.717, 1.165) is 0 Å². The normalized spacial score (nSPS) is 9.25. The summed E-state index contributed by atoms with van der Waals surface area (Å²) in [6, 6.07) is 0. The van der Waals surface area contributed by atoms with E-state index in [4.69, 9.17) is 0 Å². The Balaban J connectivity index is 2.77. The summed E-state index contributed by atoms with van der Waals surface area (Å²) in [4.78, 5) is 0. The van der Waals surface area contributed by atoms with E-state index in [2.05, 4.69) is 10.2 Å². The van der Waals surface area contributed by atoms with Crippen molar-refractivity contribution in [2.45, 2.75) is 0 Å². The Hall–Kier alpha value is -1.06. The molecule has 0 N–H and O–H groups in total. The van der Waals surface area contributed by atoms with Crippen molar-refractivity contribution in [1.29, 1.82) is 0 Å². The Kier molecular flexibility index (Phi) is 1.15. The molecular formula is C4H8N4. The standard InChI is InChI=1S/C4H8N4/c1-7(2)8-3-5-6-4-8/h3-4H,1-2H3. The molecule has 1 aromatic heterocycles.